The molecule has 4 rings (SSSR count). The zero-order chi connectivity index (χ0) is 21.1. The highest BCUT2D eigenvalue weighted by molar-refractivity contribution is 7.10. The van der Waals surface area contributed by atoms with Crippen molar-refractivity contribution in [3.05, 3.63) is 82.0 Å². The summed E-state index contributed by atoms with van der Waals surface area (Å²) in [6, 6.07) is 17.7. The van der Waals surface area contributed by atoms with Gasteiger partial charge in [-0.2, -0.15) is 0 Å². The van der Waals surface area contributed by atoms with Crippen LogP contribution in [0.1, 0.15) is 32.8 Å². The molecule has 2 amide bonds. The molecular weight excluding hydrogens is 400 g/mol. The summed E-state index contributed by atoms with van der Waals surface area (Å²) >= 11 is 1.49. The highest BCUT2D eigenvalue weighted by atomic mass is 32.1. The number of aliphatic hydroxyl groups is 1. The van der Waals surface area contributed by atoms with Crippen LogP contribution in [0.15, 0.2) is 66.0 Å². The number of β-amino-alcohol motifs (C(OH)–C–C–N with tert-alkyl or cyclic N) is 1. The molecule has 7 heteroatoms. The average Bonchev–Trinajstić information content (AvgIpc) is 3.30. The van der Waals surface area contributed by atoms with Gasteiger partial charge >= 0.3 is 0 Å². The largest absolute Gasteiger partial charge is 0.497 e. The molecule has 2 atom stereocenters. The van der Waals surface area contributed by atoms with Crippen LogP contribution in [-0.4, -0.2) is 42.1 Å². The van der Waals surface area contributed by atoms with Crippen molar-refractivity contribution in [2.45, 2.75) is 12.0 Å². The van der Waals surface area contributed by atoms with Crippen molar-refractivity contribution in [1.29, 1.82) is 0 Å². The van der Waals surface area contributed by atoms with Gasteiger partial charge in [0.1, 0.15) is 5.75 Å². The lowest BCUT2D eigenvalue weighted by Crippen LogP contribution is -2.46. The molecule has 0 fully saturated rings. The first-order chi connectivity index (χ1) is 14.6. The second-order valence-corrected chi connectivity index (χ2v) is 7.95. The summed E-state index contributed by atoms with van der Waals surface area (Å²) in [5, 5.41) is 14.5. The number of ether oxygens (including phenoxy) is 1. The Morgan fingerprint density at radius 3 is 2.73 bits per heavy atom. The molecule has 0 bridgehead atoms. The third kappa shape index (κ3) is 3.69. The van der Waals surface area contributed by atoms with Crippen molar-refractivity contribution < 1.29 is 19.4 Å². The molecule has 2 aromatic carbocycles. The summed E-state index contributed by atoms with van der Waals surface area (Å²) in [6.45, 7) is -0.0291. The van der Waals surface area contributed by atoms with Gasteiger partial charge in [-0.25, -0.2) is 0 Å². The fourth-order valence-corrected chi connectivity index (χ4v) is 4.80. The summed E-state index contributed by atoms with van der Waals surface area (Å²) in [5.41, 5.74) is 1.80. The molecule has 154 valence electrons. The maximum absolute atomic E-state index is 13.5. The number of nitrogens with one attached hydrogen (secondary N) is 1. The molecular formula is C23H22N2O4S. The van der Waals surface area contributed by atoms with Crippen LogP contribution in [0.4, 0.5) is 5.69 Å². The Morgan fingerprint density at radius 2 is 2.00 bits per heavy atom. The van der Waals surface area contributed by atoms with E-state index in [0.29, 0.717) is 22.6 Å². The van der Waals surface area contributed by atoms with E-state index in [0.717, 1.165) is 4.88 Å². The number of methoxy groups -OCH3 is 1. The molecule has 1 aliphatic rings. The molecule has 6 nitrogen and oxygen atoms in total. The lowest BCUT2D eigenvalue weighted by Gasteiger charge is -2.40. The number of aliphatic hydroxyl groups excluding tert-OH is 1. The van der Waals surface area contributed by atoms with E-state index >= 15 is 0 Å². The van der Waals surface area contributed by atoms with Crippen LogP contribution in [0.2, 0.25) is 0 Å². The van der Waals surface area contributed by atoms with Gasteiger partial charge in [-0.1, -0.05) is 30.3 Å². The molecule has 3 aromatic rings. The van der Waals surface area contributed by atoms with E-state index in [4.69, 9.17) is 4.74 Å². The monoisotopic (exact) mass is 422 g/mol. The Morgan fingerprint density at radius 1 is 1.17 bits per heavy atom. The molecule has 0 saturated carbocycles. The first kappa shape index (κ1) is 20.1. The summed E-state index contributed by atoms with van der Waals surface area (Å²) in [4.78, 5) is 29.2. The highest BCUT2D eigenvalue weighted by Gasteiger charge is 2.44. The quantitative estimate of drug-likeness (QED) is 0.635. The van der Waals surface area contributed by atoms with E-state index in [-0.39, 0.29) is 25.0 Å². The standard InChI is InChI=1S/C23H22N2O4S/c1-29-16-7-4-6-15(14-16)24-22(27)20-17-8-2-3-9-18(17)23(28)25(11-12-26)21(20)19-10-5-13-30-19/h2-10,13-14,20-21,26H,11-12H2,1H3,(H,24,27). The smallest absolute Gasteiger partial charge is 0.254 e. The van der Waals surface area contributed by atoms with Gasteiger partial charge in [-0.3, -0.25) is 9.59 Å². The number of carbonyl (C=O) groups is 2. The van der Waals surface area contributed by atoms with E-state index in [9.17, 15) is 14.7 Å². The molecule has 0 saturated heterocycles. The minimum Gasteiger partial charge on any atom is -0.497 e. The van der Waals surface area contributed by atoms with Gasteiger partial charge in [-0.15, -0.1) is 11.3 Å². The molecule has 2 heterocycles. The summed E-state index contributed by atoms with van der Waals surface area (Å²) < 4.78 is 5.25. The van der Waals surface area contributed by atoms with Crippen LogP contribution in [0, 0.1) is 0 Å². The number of nitrogens with zero attached hydrogens (tertiary/aromatic N) is 1. The Kier molecular flexibility index (Phi) is 5.83. The topological polar surface area (TPSA) is 78.9 Å². The van der Waals surface area contributed by atoms with Crippen molar-refractivity contribution in [3.8, 4) is 5.75 Å². The number of hydrogen-bond acceptors (Lipinski definition) is 5. The zero-order valence-electron chi connectivity index (χ0n) is 16.4. The van der Waals surface area contributed by atoms with Gasteiger partial charge in [-0.05, 0) is 35.2 Å². The van der Waals surface area contributed by atoms with Crippen LogP contribution >= 0.6 is 11.3 Å². The van der Waals surface area contributed by atoms with Crippen LogP contribution in [-0.2, 0) is 4.79 Å². The molecule has 2 unspecified atom stereocenters. The maximum atomic E-state index is 13.5. The minimum absolute atomic E-state index is 0.151. The fourth-order valence-electron chi connectivity index (χ4n) is 3.93. The minimum atomic E-state index is -0.615. The maximum Gasteiger partial charge on any atom is 0.254 e. The van der Waals surface area contributed by atoms with Gasteiger partial charge in [0.25, 0.3) is 5.91 Å². The molecule has 2 N–H and O–H groups in total. The van der Waals surface area contributed by atoms with Crippen molar-refractivity contribution in [2.75, 3.05) is 25.6 Å². The summed E-state index contributed by atoms with van der Waals surface area (Å²) in [6.07, 6.45) is 0. The normalized spacial score (nSPS) is 18.1. The Labute approximate surface area is 178 Å². The molecule has 0 spiro atoms. The summed E-state index contributed by atoms with van der Waals surface area (Å²) in [7, 11) is 1.57. The molecule has 0 radical (unpaired) electrons. The molecule has 1 aromatic heterocycles. The lowest BCUT2D eigenvalue weighted by molar-refractivity contribution is -0.119. The Balaban J connectivity index is 1.79. The van der Waals surface area contributed by atoms with Crippen LogP contribution in [0.25, 0.3) is 0 Å². The zero-order valence-corrected chi connectivity index (χ0v) is 17.3. The summed E-state index contributed by atoms with van der Waals surface area (Å²) in [5.74, 6) is -0.368. The third-order valence-electron chi connectivity index (χ3n) is 5.23. The van der Waals surface area contributed by atoms with E-state index in [2.05, 4.69) is 5.32 Å². The van der Waals surface area contributed by atoms with Crippen molar-refractivity contribution in [1.82, 2.24) is 4.90 Å². The van der Waals surface area contributed by atoms with E-state index in [1.165, 1.54) is 11.3 Å². The number of benzene rings is 2. The molecule has 30 heavy (non-hydrogen) atoms. The fraction of sp³-hybridized carbons (Fsp3) is 0.217. The second kappa shape index (κ2) is 8.69. The number of rotatable bonds is 6. The number of thiophene rings is 1. The van der Waals surface area contributed by atoms with Crippen molar-refractivity contribution in [2.24, 2.45) is 0 Å². The van der Waals surface area contributed by atoms with Gasteiger partial charge < -0.3 is 20.1 Å². The van der Waals surface area contributed by atoms with Crippen LogP contribution in [0.5, 0.6) is 5.75 Å². The number of hydrogen-bond donors (Lipinski definition) is 2. The first-order valence-corrected chi connectivity index (χ1v) is 10.5. The number of carbonyl (C=O) groups excluding carboxylic acids is 2. The number of fused-ring (bicyclic) bond motifs is 1. The van der Waals surface area contributed by atoms with E-state index in [1.807, 2.05) is 41.8 Å². The van der Waals surface area contributed by atoms with E-state index < -0.39 is 12.0 Å². The van der Waals surface area contributed by atoms with Gasteiger partial charge in [0.2, 0.25) is 5.91 Å². The molecule has 1 aliphatic heterocycles. The highest BCUT2D eigenvalue weighted by Crippen LogP contribution is 2.44. The van der Waals surface area contributed by atoms with Crippen molar-refractivity contribution >= 4 is 28.8 Å². The van der Waals surface area contributed by atoms with E-state index in [1.54, 1.807) is 36.3 Å². The second-order valence-electron chi connectivity index (χ2n) is 6.97. The van der Waals surface area contributed by atoms with Crippen LogP contribution in [0.3, 0.4) is 0 Å². The average molecular weight is 423 g/mol. The number of amides is 2. The number of anilines is 1. The third-order valence-corrected chi connectivity index (χ3v) is 6.18. The van der Waals surface area contributed by atoms with Crippen LogP contribution < -0.4 is 10.1 Å². The SMILES string of the molecule is COc1cccc(NC(=O)C2c3ccccc3C(=O)N(CCO)C2c2cccs2)c1. The Bertz CT molecular complexity index is 1050. The predicted octanol–water partition coefficient (Wildman–Crippen LogP) is 3.67. The first-order valence-electron chi connectivity index (χ1n) is 9.63. The van der Waals surface area contributed by atoms with Gasteiger partial charge in [0.15, 0.2) is 0 Å². The predicted molar refractivity (Wildman–Crippen MR) is 116 cm³/mol. The van der Waals surface area contributed by atoms with Gasteiger partial charge in [0.05, 0.1) is 25.7 Å². The van der Waals surface area contributed by atoms with Gasteiger partial charge in [0, 0.05) is 28.7 Å². The lowest BCUT2D eigenvalue weighted by atomic mass is 9.81. The van der Waals surface area contributed by atoms with Crippen molar-refractivity contribution in [3.63, 3.8) is 0 Å². The molecule has 0 aliphatic carbocycles. The Hall–Kier alpha value is -3.16.